The van der Waals surface area contributed by atoms with Crippen molar-refractivity contribution in [3.63, 3.8) is 0 Å². The molecular formula is C11H11NO4S. The minimum atomic E-state index is -1.04. The summed E-state index contributed by atoms with van der Waals surface area (Å²) in [5.74, 6) is -1.04. The van der Waals surface area contributed by atoms with Crippen LogP contribution in [0.5, 0.6) is 0 Å². The molecule has 0 radical (unpaired) electrons. The number of thioether (sulfide) groups is 1. The van der Waals surface area contributed by atoms with E-state index in [1.54, 1.807) is 6.07 Å². The summed E-state index contributed by atoms with van der Waals surface area (Å²) in [6.45, 7) is 1.45. The lowest BCUT2D eigenvalue weighted by Gasteiger charge is -2.03. The van der Waals surface area contributed by atoms with Crippen LogP contribution in [-0.4, -0.2) is 22.3 Å². The fourth-order valence-corrected chi connectivity index (χ4v) is 1.80. The second kappa shape index (κ2) is 5.49. The lowest BCUT2D eigenvalue weighted by molar-refractivity contribution is -0.384. The van der Waals surface area contributed by atoms with E-state index in [4.69, 9.17) is 5.11 Å². The van der Waals surface area contributed by atoms with Gasteiger partial charge in [-0.1, -0.05) is 0 Å². The van der Waals surface area contributed by atoms with Gasteiger partial charge >= 0.3 is 5.97 Å². The minimum Gasteiger partial charge on any atom is -0.478 e. The van der Waals surface area contributed by atoms with Crippen LogP contribution in [0.25, 0.3) is 6.08 Å². The van der Waals surface area contributed by atoms with Crippen molar-refractivity contribution in [2.75, 3.05) is 6.26 Å². The number of hydrogen-bond acceptors (Lipinski definition) is 4. The highest BCUT2D eigenvalue weighted by Gasteiger charge is 2.10. The van der Waals surface area contributed by atoms with Crippen LogP contribution in [0.4, 0.5) is 5.69 Å². The zero-order valence-electron chi connectivity index (χ0n) is 9.34. The molecule has 17 heavy (non-hydrogen) atoms. The highest BCUT2D eigenvalue weighted by atomic mass is 32.2. The van der Waals surface area contributed by atoms with E-state index in [0.29, 0.717) is 5.56 Å². The zero-order valence-corrected chi connectivity index (χ0v) is 10.2. The summed E-state index contributed by atoms with van der Waals surface area (Å²) in [5.41, 5.74) is 0.639. The molecule has 0 fully saturated rings. The molecule has 1 aromatic carbocycles. The molecule has 90 valence electrons. The number of carboxylic acids is 1. The van der Waals surface area contributed by atoms with Gasteiger partial charge in [0.2, 0.25) is 0 Å². The van der Waals surface area contributed by atoms with Crippen LogP contribution in [-0.2, 0) is 4.79 Å². The molecule has 0 aliphatic heterocycles. The SMILES string of the molecule is CSc1ccc([N+](=O)[O-])cc1C=C(C)C(=O)O. The lowest BCUT2D eigenvalue weighted by atomic mass is 10.1. The fourth-order valence-electron chi connectivity index (χ4n) is 1.24. The molecule has 0 unspecified atom stereocenters. The van der Waals surface area contributed by atoms with Crippen LogP contribution in [0.15, 0.2) is 28.7 Å². The third-order valence-electron chi connectivity index (χ3n) is 2.13. The van der Waals surface area contributed by atoms with E-state index < -0.39 is 10.9 Å². The van der Waals surface area contributed by atoms with E-state index in [2.05, 4.69) is 0 Å². The molecule has 0 heterocycles. The quantitative estimate of drug-likeness (QED) is 0.386. The maximum absolute atomic E-state index is 10.7. The number of hydrogen-bond donors (Lipinski definition) is 1. The normalized spacial score (nSPS) is 11.3. The Bertz CT molecular complexity index is 496. The van der Waals surface area contributed by atoms with Crippen LogP contribution < -0.4 is 0 Å². The largest absolute Gasteiger partial charge is 0.478 e. The number of carbonyl (C=O) groups is 1. The summed E-state index contributed by atoms with van der Waals surface area (Å²) < 4.78 is 0. The molecule has 0 aliphatic rings. The van der Waals surface area contributed by atoms with Gasteiger partial charge in [-0.15, -0.1) is 11.8 Å². The Hall–Kier alpha value is -1.82. The van der Waals surface area contributed by atoms with Crippen LogP contribution in [0.2, 0.25) is 0 Å². The summed E-state index contributed by atoms with van der Waals surface area (Å²) in [7, 11) is 0. The number of nitro groups is 1. The summed E-state index contributed by atoms with van der Waals surface area (Å²) >= 11 is 1.41. The maximum atomic E-state index is 10.7. The van der Waals surface area contributed by atoms with Gasteiger partial charge in [0, 0.05) is 22.6 Å². The van der Waals surface area contributed by atoms with Gasteiger partial charge in [0.05, 0.1) is 4.92 Å². The predicted octanol–water partition coefficient (Wildman–Crippen LogP) is 2.80. The molecule has 0 saturated heterocycles. The van der Waals surface area contributed by atoms with Crippen molar-refractivity contribution in [3.8, 4) is 0 Å². The van der Waals surface area contributed by atoms with Crippen molar-refractivity contribution < 1.29 is 14.8 Å². The number of benzene rings is 1. The predicted molar refractivity (Wildman–Crippen MR) is 66.2 cm³/mol. The fraction of sp³-hybridized carbons (Fsp3) is 0.182. The average Bonchev–Trinajstić information content (AvgIpc) is 2.28. The number of rotatable bonds is 4. The first-order chi connectivity index (χ1) is 7.95. The minimum absolute atomic E-state index is 0.0489. The molecule has 1 N–H and O–H groups in total. The van der Waals surface area contributed by atoms with Gasteiger partial charge in [-0.3, -0.25) is 10.1 Å². The Morgan fingerprint density at radius 1 is 1.53 bits per heavy atom. The smallest absolute Gasteiger partial charge is 0.331 e. The van der Waals surface area contributed by atoms with E-state index in [0.717, 1.165) is 4.90 Å². The first-order valence-corrected chi connectivity index (χ1v) is 5.92. The summed E-state index contributed by atoms with van der Waals surface area (Å²) in [6, 6.07) is 4.39. The molecule has 0 amide bonds. The molecule has 1 aromatic rings. The zero-order chi connectivity index (χ0) is 13.0. The number of aliphatic carboxylic acids is 1. The Kier molecular flexibility index (Phi) is 4.28. The monoisotopic (exact) mass is 253 g/mol. The second-order valence-corrected chi connectivity index (χ2v) is 4.16. The molecule has 0 atom stereocenters. The molecule has 0 bridgehead atoms. The van der Waals surface area contributed by atoms with Crippen LogP contribution in [0.3, 0.4) is 0 Å². The van der Waals surface area contributed by atoms with E-state index in [1.807, 2.05) is 6.26 Å². The summed E-state index contributed by atoms with van der Waals surface area (Å²) in [6.07, 6.45) is 3.26. The Balaban J connectivity index is 3.28. The van der Waals surface area contributed by atoms with Crippen LogP contribution in [0, 0.1) is 10.1 Å². The van der Waals surface area contributed by atoms with Crippen LogP contribution in [0.1, 0.15) is 12.5 Å². The molecule has 0 spiro atoms. The van der Waals surface area contributed by atoms with Gasteiger partial charge in [0.1, 0.15) is 0 Å². The van der Waals surface area contributed by atoms with Gasteiger partial charge in [0.15, 0.2) is 0 Å². The van der Waals surface area contributed by atoms with Crippen LogP contribution >= 0.6 is 11.8 Å². The first kappa shape index (κ1) is 13.2. The molecule has 6 heteroatoms. The second-order valence-electron chi connectivity index (χ2n) is 3.32. The number of nitrogens with zero attached hydrogens (tertiary/aromatic N) is 1. The highest BCUT2D eigenvalue weighted by Crippen LogP contribution is 2.26. The Labute approximate surface area is 102 Å². The maximum Gasteiger partial charge on any atom is 0.331 e. The Morgan fingerprint density at radius 2 is 2.18 bits per heavy atom. The van der Waals surface area contributed by atoms with E-state index >= 15 is 0 Å². The molecule has 0 aliphatic carbocycles. The van der Waals surface area contributed by atoms with Crippen molar-refractivity contribution >= 4 is 29.5 Å². The van der Waals surface area contributed by atoms with Crippen molar-refractivity contribution in [1.29, 1.82) is 0 Å². The molecule has 0 saturated carbocycles. The highest BCUT2D eigenvalue weighted by molar-refractivity contribution is 7.98. The molecule has 0 aromatic heterocycles. The average molecular weight is 253 g/mol. The first-order valence-electron chi connectivity index (χ1n) is 4.69. The van der Waals surface area contributed by atoms with Crippen molar-refractivity contribution in [2.45, 2.75) is 11.8 Å². The number of non-ortho nitro benzene ring substituents is 1. The lowest BCUT2D eigenvalue weighted by Crippen LogP contribution is -1.96. The van der Waals surface area contributed by atoms with Crippen molar-refractivity contribution in [3.05, 3.63) is 39.4 Å². The summed E-state index contributed by atoms with van der Waals surface area (Å²) in [5, 5.41) is 19.4. The third kappa shape index (κ3) is 3.32. The van der Waals surface area contributed by atoms with Gasteiger partial charge < -0.3 is 5.11 Å². The van der Waals surface area contributed by atoms with E-state index in [9.17, 15) is 14.9 Å². The van der Waals surface area contributed by atoms with Gasteiger partial charge in [-0.25, -0.2) is 4.79 Å². The topological polar surface area (TPSA) is 80.4 Å². The molecule has 1 rings (SSSR count). The van der Waals surface area contributed by atoms with Gasteiger partial charge in [-0.05, 0) is 30.9 Å². The standard InChI is InChI=1S/C11H11NO4S/c1-7(11(13)14)5-8-6-9(12(15)16)3-4-10(8)17-2/h3-6H,1-2H3,(H,13,14). The number of nitro benzene ring substituents is 1. The van der Waals surface area contributed by atoms with Gasteiger partial charge in [-0.2, -0.15) is 0 Å². The van der Waals surface area contributed by atoms with Crippen molar-refractivity contribution in [2.24, 2.45) is 0 Å². The third-order valence-corrected chi connectivity index (χ3v) is 2.95. The Morgan fingerprint density at radius 3 is 2.65 bits per heavy atom. The van der Waals surface area contributed by atoms with Gasteiger partial charge in [0.25, 0.3) is 5.69 Å². The molecule has 5 nitrogen and oxygen atoms in total. The van der Waals surface area contributed by atoms with E-state index in [-0.39, 0.29) is 11.3 Å². The summed E-state index contributed by atoms with van der Waals surface area (Å²) in [4.78, 5) is 21.6. The number of carboxylic acid groups (broad SMARTS) is 1. The molecular weight excluding hydrogens is 242 g/mol. The van der Waals surface area contributed by atoms with E-state index in [1.165, 1.54) is 36.9 Å². The van der Waals surface area contributed by atoms with Crippen molar-refractivity contribution in [1.82, 2.24) is 0 Å².